The van der Waals surface area contributed by atoms with Crippen molar-refractivity contribution in [1.29, 1.82) is 0 Å². The average molecular weight is 706 g/mol. The first-order chi connectivity index (χ1) is 20.7. The number of imide groups is 2. The molecule has 2 heterocycles. The van der Waals surface area contributed by atoms with Crippen molar-refractivity contribution in [2.24, 2.45) is 29.6 Å². The van der Waals surface area contributed by atoms with Crippen LogP contribution in [0.15, 0.2) is 87.3 Å². The minimum absolute atomic E-state index is 0.106. The maximum Gasteiger partial charge on any atom is 0.238 e. The largest absolute Gasteiger partial charge is 0.504 e. The molecule has 2 aliphatic carbocycles. The number of rotatable bonds is 4. The third-order valence-electron chi connectivity index (χ3n) is 9.40. The maximum absolute atomic E-state index is 14.2. The zero-order valence-electron chi connectivity index (χ0n) is 22.9. The van der Waals surface area contributed by atoms with E-state index in [9.17, 15) is 24.3 Å². The molecule has 1 saturated carbocycles. The third-order valence-corrected chi connectivity index (χ3v) is 10.5. The van der Waals surface area contributed by atoms with Crippen LogP contribution in [0, 0.1) is 29.6 Å². The lowest BCUT2D eigenvalue weighted by Gasteiger charge is -2.44. The number of phenols is 1. The summed E-state index contributed by atoms with van der Waals surface area (Å²) in [5, 5.41) is 11.3. The van der Waals surface area contributed by atoms with Gasteiger partial charge in [0.1, 0.15) is 0 Å². The molecule has 3 aromatic carbocycles. The lowest BCUT2D eigenvalue weighted by molar-refractivity contribution is -0.126. The van der Waals surface area contributed by atoms with Gasteiger partial charge in [-0.2, -0.15) is 0 Å². The summed E-state index contributed by atoms with van der Waals surface area (Å²) >= 11 is 6.81. The van der Waals surface area contributed by atoms with Crippen molar-refractivity contribution in [3.05, 3.63) is 92.9 Å². The second-order valence-corrected chi connectivity index (χ2v) is 13.2. The summed E-state index contributed by atoms with van der Waals surface area (Å²) in [6, 6.07) is 19.1. The first-order valence-corrected chi connectivity index (χ1v) is 15.6. The van der Waals surface area contributed by atoms with Gasteiger partial charge >= 0.3 is 0 Å². The highest BCUT2D eigenvalue weighted by Gasteiger charge is 2.62. The van der Waals surface area contributed by atoms with Crippen LogP contribution in [-0.4, -0.2) is 35.8 Å². The number of aromatic hydroxyl groups is 1. The van der Waals surface area contributed by atoms with Crippen molar-refractivity contribution in [2.45, 2.75) is 18.8 Å². The van der Waals surface area contributed by atoms with Crippen LogP contribution in [0.25, 0.3) is 0 Å². The van der Waals surface area contributed by atoms with Gasteiger partial charge in [-0.3, -0.25) is 29.0 Å². The Bertz CT molecular complexity index is 1720. The number of phenolic OH excluding ortho intramolecular Hbond substituents is 1. The topological polar surface area (TPSA) is 104 Å². The van der Waals surface area contributed by atoms with Crippen molar-refractivity contribution >= 4 is 66.9 Å². The fourth-order valence-corrected chi connectivity index (χ4v) is 8.11. The van der Waals surface area contributed by atoms with Crippen LogP contribution in [0.2, 0.25) is 0 Å². The van der Waals surface area contributed by atoms with E-state index < -0.39 is 35.5 Å². The van der Waals surface area contributed by atoms with Crippen LogP contribution >= 0.6 is 31.9 Å². The van der Waals surface area contributed by atoms with Crippen molar-refractivity contribution < 1.29 is 29.0 Å². The summed E-state index contributed by atoms with van der Waals surface area (Å²) in [6.07, 6.45) is 2.54. The first-order valence-electron chi connectivity index (χ1n) is 14.0. The van der Waals surface area contributed by atoms with Crippen LogP contribution in [0.1, 0.15) is 24.3 Å². The Morgan fingerprint density at radius 2 is 1.28 bits per heavy atom. The summed E-state index contributed by atoms with van der Waals surface area (Å²) in [6.45, 7) is 0. The van der Waals surface area contributed by atoms with Gasteiger partial charge < -0.3 is 9.84 Å². The van der Waals surface area contributed by atoms with Crippen LogP contribution in [0.5, 0.6) is 11.5 Å². The number of halogens is 2. The number of nitrogens with zero attached hydrogens (tertiary/aromatic N) is 2. The average Bonchev–Trinajstić information content (AvgIpc) is 3.41. The maximum atomic E-state index is 14.2. The molecular weight excluding hydrogens is 680 g/mol. The van der Waals surface area contributed by atoms with Gasteiger partial charge in [-0.1, -0.05) is 55.6 Å². The molecule has 8 nitrogen and oxygen atoms in total. The SMILES string of the molecule is COc1cccc(C2C3=CCC4C(=O)N(c5ccc(Br)cc5)C(=O)C4C3CC3C(=O)N(c4ccc(Br)cc4)C(=O)C32)c1O. The number of ether oxygens (including phenoxy) is 1. The summed E-state index contributed by atoms with van der Waals surface area (Å²) in [5.74, 6) is -5.04. The van der Waals surface area contributed by atoms with E-state index in [1.165, 1.54) is 16.9 Å². The van der Waals surface area contributed by atoms with Gasteiger partial charge in [-0.15, -0.1) is 0 Å². The summed E-state index contributed by atoms with van der Waals surface area (Å²) in [7, 11) is 1.45. The second-order valence-electron chi connectivity index (χ2n) is 11.4. The van der Waals surface area contributed by atoms with E-state index >= 15 is 0 Å². The van der Waals surface area contributed by atoms with Gasteiger partial charge in [0.2, 0.25) is 23.6 Å². The highest BCUT2D eigenvalue weighted by molar-refractivity contribution is 9.10. The number of methoxy groups -OCH3 is 1. The van der Waals surface area contributed by atoms with E-state index in [0.29, 0.717) is 23.4 Å². The molecule has 0 radical (unpaired) electrons. The predicted molar refractivity (Wildman–Crippen MR) is 165 cm³/mol. The fourth-order valence-electron chi connectivity index (χ4n) is 7.58. The molecule has 2 saturated heterocycles. The van der Waals surface area contributed by atoms with Crippen LogP contribution in [0.4, 0.5) is 11.4 Å². The minimum Gasteiger partial charge on any atom is -0.504 e. The number of hydrogen-bond donors (Lipinski definition) is 1. The van der Waals surface area contributed by atoms with Crippen molar-refractivity contribution in [1.82, 2.24) is 0 Å². The van der Waals surface area contributed by atoms with E-state index in [2.05, 4.69) is 31.9 Å². The van der Waals surface area contributed by atoms with Crippen molar-refractivity contribution in [2.75, 3.05) is 16.9 Å². The van der Waals surface area contributed by atoms with Gasteiger partial charge in [-0.25, -0.2) is 0 Å². The zero-order valence-corrected chi connectivity index (χ0v) is 26.1. The van der Waals surface area contributed by atoms with Crippen LogP contribution in [0.3, 0.4) is 0 Å². The lowest BCUT2D eigenvalue weighted by Crippen LogP contribution is -2.43. The Morgan fingerprint density at radius 3 is 1.86 bits per heavy atom. The smallest absolute Gasteiger partial charge is 0.238 e. The molecule has 0 aromatic heterocycles. The molecule has 43 heavy (non-hydrogen) atoms. The van der Waals surface area contributed by atoms with E-state index in [1.54, 1.807) is 66.7 Å². The van der Waals surface area contributed by atoms with E-state index in [4.69, 9.17) is 4.74 Å². The molecule has 6 atom stereocenters. The molecule has 0 spiro atoms. The predicted octanol–water partition coefficient (Wildman–Crippen LogP) is 5.97. The summed E-state index contributed by atoms with van der Waals surface area (Å²) in [4.78, 5) is 58.5. The van der Waals surface area contributed by atoms with Gasteiger partial charge in [-0.05, 0) is 73.4 Å². The molecule has 6 unspecified atom stereocenters. The van der Waals surface area contributed by atoms with Crippen molar-refractivity contribution in [3.8, 4) is 11.5 Å². The normalized spacial score (nSPS) is 28.0. The third kappa shape index (κ3) is 4.21. The Labute approximate surface area is 264 Å². The molecule has 3 fully saturated rings. The number of amides is 4. The molecule has 10 heteroatoms. The van der Waals surface area contributed by atoms with Crippen LogP contribution < -0.4 is 14.5 Å². The number of allylic oxidation sites excluding steroid dienone is 2. The highest BCUT2D eigenvalue weighted by atomic mass is 79.9. The summed E-state index contributed by atoms with van der Waals surface area (Å²) in [5.41, 5.74) is 2.23. The molecule has 7 rings (SSSR count). The molecule has 2 aliphatic heterocycles. The molecule has 218 valence electrons. The molecule has 3 aromatic rings. The molecule has 4 amide bonds. The van der Waals surface area contributed by atoms with E-state index in [0.717, 1.165) is 14.5 Å². The molecule has 4 aliphatic rings. The Kier molecular flexibility index (Phi) is 6.81. The first kappa shape index (κ1) is 28.0. The number of benzene rings is 3. The number of carbonyl (C=O) groups is 4. The van der Waals surface area contributed by atoms with Gasteiger partial charge in [0.25, 0.3) is 0 Å². The lowest BCUT2D eigenvalue weighted by atomic mass is 9.57. The Morgan fingerprint density at radius 1 is 0.721 bits per heavy atom. The monoisotopic (exact) mass is 704 g/mol. The Hall–Kier alpha value is -3.76. The number of para-hydroxylation sites is 1. The summed E-state index contributed by atoms with van der Waals surface area (Å²) < 4.78 is 7.04. The fraction of sp³-hybridized carbons (Fsp3) is 0.273. The second kappa shape index (κ2) is 10.4. The number of carbonyl (C=O) groups excluding carboxylic acids is 4. The number of anilines is 2. The number of hydrogen-bond acceptors (Lipinski definition) is 6. The minimum atomic E-state index is -0.789. The van der Waals surface area contributed by atoms with Gasteiger partial charge in [0.15, 0.2) is 11.5 Å². The van der Waals surface area contributed by atoms with Crippen LogP contribution in [-0.2, 0) is 19.2 Å². The van der Waals surface area contributed by atoms with Crippen molar-refractivity contribution in [3.63, 3.8) is 0 Å². The standard InChI is InChI=1S/C33H26Br2N2O6/c1-43-25-4-2-3-21(29(25)38)26-20-13-14-22-27(32(41)36(30(22)39)18-9-5-16(34)6-10-18)23(20)15-24-28(26)33(42)37(31(24)40)19-11-7-17(35)8-12-19/h2-13,22-24,26-28,38H,14-15H2,1H3. The zero-order chi connectivity index (χ0) is 30.2. The van der Waals surface area contributed by atoms with E-state index in [1.807, 2.05) is 6.08 Å². The Balaban J connectivity index is 1.35. The molecule has 0 bridgehead atoms. The number of fused-ring (bicyclic) bond motifs is 4. The molecular formula is C33H26Br2N2O6. The van der Waals surface area contributed by atoms with E-state index in [-0.39, 0.29) is 41.5 Å². The molecule has 1 N–H and O–H groups in total. The van der Waals surface area contributed by atoms with Gasteiger partial charge in [0, 0.05) is 20.4 Å². The van der Waals surface area contributed by atoms with Gasteiger partial charge in [0.05, 0.1) is 42.2 Å². The highest BCUT2D eigenvalue weighted by Crippen LogP contribution is 2.59. The quantitative estimate of drug-likeness (QED) is 0.265.